The molecule has 1 aliphatic rings. The quantitative estimate of drug-likeness (QED) is 0.723. The second-order valence-corrected chi connectivity index (χ2v) is 6.59. The number of hydrogen-bond donors (Lipinski definition) is 0. The Bertz CT molecular complexity index is 964. The molecule has 0 N–H and O–H groups in total. The van der Waals surface area contributed by atoms with Crippen LogP contribution in [0.2, 0.25) is 0 Å². The van der Waals surface area contributed by atoms with Crippen LogP contribution in [0.1, 0.15) is 19.8 Å². The SMILES string of the molecule is CC1CCN(C(=O)Cn2c(=O)c3cncn3c3ccccc32)CC1. The predicted octanol–water partition coefficient (Wildman–Crippen LogP) is 1.91. The van der Waals surface area contributed by atoms with Crippen LogP contribution in [0.25, 0.3) is 16.6 Å². The Kier molecular flexibility index (Phi) is 3.59. The molecule has 24 heavy (non-hydrogen) atoms. The van der Waals surface area contributed by atoms with Crippen LogP contribution in [0.4, 0.5) is 0 Å². The molecule has 1 aromatic carbocycles. The Morgan fingerprint density at radius 2 is 1.88 bits per heavy atom. The lowest BCUT2D eigenvalue weighted by atomic mass is 9.99. The summed E-state index contributed by atoms with van der Waals surface area (Å²) >= 11 is 0. The van der Waals surface area contributed by atoms with Gasteiger partial charge in [0.2, 0.25) is 5.91 Å². The number of piperidine rings is 1. The molecule has 1 saturated heterocycles. The number of amides is 1. The highest BCUT2D eigenvalue weighted by Gasteiger charge is 2.22. The first-order valence-corrected chi connectivity index (χ1v) is 8.36. The summed E-state index contributed by atoms with van der Waals surface area (Å²) in [6.45, 7) is 3.85. The molecular weight excluding hydrogens is 304 g/mol. The summed E-state index contributed by atoms with van der Waals surface area (Å²) in [6, 6.07) is 7.62. The monoisotopic (exact) mass is 324 g/mol. The van der Waals surface area contributed by atoms with E-state index in [1.165, 1.54) is 0 Å². The highest BCUT2D eigenvalue weighted by molar-refractivity contribution is 5.82. The van der Waals surface area contributed by atoms with Crippen molar-refractivity contribution in [3.8, 4) is 0 Å². The lowest BCUT2D eigenvalue weighted by molar-refractivity contribution is -0.133. The average Bonchev–Trinajstić information content (AvgIpc) is 3.09. The molecule has 6 nitrogen and oxygen atoms in total. The number of carbonyl (C=O) groups is 1. The number of fused-ring (bicyclic) bond motifs is 3. The second kappa shape index (κ2) is 5.78. The summed E-state index contributed by atoms with van der Waals surface area (Å²) in [5, 5.41) is 0. The van der Waals surface area contributed by atoms with E-state index in [0.29, 0.717) is 11.4 Å². The van der Waals surface area contributed by atoms with E-state index >= 15 is 0 Å². The Morgan fingerprint density at radius 1 is 1.17 bits per heavy atom. The van der Waals surface area contributed by atoms with Crippen LogP contribution < -0.4 is 5.56 Å². The van der Waals surface area contributed by atoms with Gasteiger partial charge >= 0.3 is 0 Å². The van der Waals surface area contributed by atoms with Crippen LogP contribution in [0.5, 0.6) is 0 Å². The molecule has 1 aliphatic heterocycles. The molecule has 3 aromatic rings. The molecule has 0 bridgehead atoms. The van der Waals surface area contributed by atoms with Crippen molar-refractivity contribution in [2.24, 2.45) is 5.92 Å². The molecule has 4 rings (SSSR count). The largest absolute Gasteiger partial charge is 0.341 e. The zero-order valence-electron chi connectivity index (χ0n) is 13.7. The fraction of sp³-hybridized carbons (Fsp3) is 0.389. The van der Waals surface area contributed by atoms with Crippen molar-refractivity contribution >= 4 is 22.5 Å². The van der Waals surface area contributed by atoms with Gasteiger partial charge in [-0.25, -0.2) is 4.98 Å². The first-order valence-electron chi connectivity index (χ1n) is 8.36. The fourth-order valence-electron chi connectivity index (χ4n) is 3.44. The summed E-state index contributed by atoms with van der Waals surface area (Å²) in [5.41, 5.74) is 1.95. The Balaban J connectivity index is 1.76. The second-order valence-electron chi connectivity index (χ2n) is 6.59. The normalized spacial score (nSPS) is 16.1. The van der Waals surface area contributed by atoms with Crippen molar-refractivity contribution in [1.29, 1.82) is 0 Å². The lowest BCUT2D eigenvalue weighted by Gasteiger charge is -2.30. The van der Waals surface area contributed by atoms with E-state index in [1.807, 2.05) is 29.2 Å². The Labute approximate surface area is 139 Å². The number of imidazole rings is 1. The van der Waals surface area contributed by atoms with Crippen molar-refractivity contribution in [3.05, 3.63) is 47.1 Å². The van der Waals surface area contributed by atoms with Gasteiger partial charge in [-0.3, -0.25) is 18.6 Å². The molecule has 124 valence electrons. The van der Waals surface area contributed by atoms with Gasteiger partial charge in [0.05, 0.1) is 23.6 Å². The van der Waals surface area contributed by atoms with Crippen molar-refractivity contribution < 1.29 is 4.79 Å². The lowest BCUT2D eigenvalue weighted by Crippen LogP contribution is -2.41. The van der Waals surface area contributed by atoms with Gasteiger partial charge in [-0.2, -0.15) is 0 Å². The van der Waals surface area contributed by atoms with E-state index in [0.717, 1.165) is 37.0 Å². The van der Waals surface area contributed by atoms with Gasteiger partial charge in [-0.1, -0.05) is 19.1 Å². The maximum atomic E-state index is 12.8. The van der Waals surface area contributed by atoms with Crippen molar-refractivity contribution in [3.63, 3.8) is 0 Å². The van der Waals surface area contributed by atoms with Crippen LogP contribution in [0.15, 0.2) is 41.6 Å². The third-order valence-electron chi connectivity index (χ3n) is 4.96. The minimum Gasteiger partial charge on any atom is -0.341 e. The molecule has 0 saturated carbocycles. The number of nitrogens with zero attached hydrogens (tertiary/aromatic N) is 4. The molecule has 0 radical (unpaired) electrons. The van der Waals surface area contributed by atoms with Gasteiger partial charge in [0, 0.05) is 13.1 Å². The smallest absolute Gasteiger partial charge is 0.277 e. The Morgan fingerprint density at radius 3 is 2.62 bits per heavy atom. The first kappa shape index (κ1) is 14.9. The molecule has 0 unspecified atom stereocenters. The van der Waals surface area contributed by atoms with Gasteiger partial charge in [0.15, 0.2) is 0 Å². The third-order valence-corrected chi connectivity index (χ3v) is 4.96. The molecular formula is C18H20N4O2. The summed E-state index contributed by atoms with van der Waals surface area (Å²) in [6.07, 6.45) is 5.25. The number of carbonyl (C=O) groups excluding carboxylic acids is 1. The van der Waals surface area contributed by atoms with Crippen molar-refractivity contribution in [2.75, 3.05) is 13.1 Å². The highest BCUT2D eigenvalue weighted by Crippen LogP contribution is 2.18. The molecule has 2 aromatic heterocycles. The van der Waals surface area contributed by atoms with Gasteiger partial charge in [-0.05, 0) is 30.9 Å². The standard InChI is InChI=1S/C18H20N4O2/c1-13-6-8-20(9-7-13)17(23)11-21-14-4-2-3-5-15(14)22-12-19-10-16(22)18(21)24/h2-5,10,12-13H,6-9,11H2,1H3. The zero-order valence-corrected chi connectivity index (χ0v) is 13.7. The predicted molar refractivity (Wildman–Crippen MR) is 91.9 cm³/mol. The highest BCUT2D eigenvalue weighted by atomic mass is 16.2. The topological polar surface area (TPSA) is 59.6 Å². The molecule has 3 heterocycles. The van der Waals surface area contributed by atoms with E-state index in [4.69, 9.17) is 0 Å². The van der Waals surface area contributed by atoms with Gasteiger partial charge in [0.1, 0.15) is 12.1 Å². The number of rotatable bonds is 2. The fourth-order valence-corrected chi connectivity index (χ4v) is 3.44. The summed E-state index contributed by atoms with van der Waals surface area (Å²) in [4.78, 5) is 31.5. The minimum absolute atomic E-state index is 0.0121. The first-order chi connectivity index (χ1) is 11.6. The number of hydrogen-bond acceptors (Lipinski definition) is 3. The van der Waals surface area contributed by atoms with Gasteiger partial charge in [0.25, 0.3) is 5.56 Å². The molecule has 1 amide bonds. The van der Waals surface area contributed by atoms with Crippen LogP contribution in [0, 0.1) is 5.92 Å². The van der Waals surface area contributed by atoms with E-state index in [-0.39, 0.29) is 18.0 Å². The number of aromatic nitrogens is 3. The maximum absolute atomic E-state index is 12.8. The van der Waals surface area contributed by atoms with E-state index in [1.54, 1.807) is 21.5 Å². The van der Waals surface area contributed by atoms with Crippen molar-refractivity contribution in [1.82, 2.24) is 18.9 Å². The molecule has 0 spiro atoms. The van der Waals surface area contributed by atoms with Crippen LogP contribution >= 0.6 is 0 Å². The van der Waals surface area contributed by atoms with Crippen molar-refractivity contribution in [2.45, 2.75) is 26.3 Å². The number of benzene rings is 1. The number of para-hydroxylation sites is 2. The number of likely N-dealkylation sites (tertiary alicyclic amines) is 1. The summed E-state index contributed by atoms with van der Waals surface area (Å²) < 4.78 is 3.36. The van der Waals surface area contributed by atoms with Crippen LogP contribution in [-0.4, -0.2) is 37.8 Å². The maximum Gasteiger partial charge on any atom is 0.277 e. The van der Waals surface area contributed by atoms with Gasteiger partial charge in [-0.15, -0.1) is 0 Å². The molecule has 0 atom stereocenters. The van der Waals surface area contributed by atoms with Gasteiger partial charge < -0.3 is 4.90 Å². The molecule has 6 heteroatoms. The van der Waals surface area contributed by atoms with Crippen LogP contribution in [-0.2, 0) is 11.3 Å². The van der Waals surface area contributed by atoms with Crippen LogP contribution in [0.3, 0.4) is 0 Å². The summed E-state index contributed by atoms with van der Waals surface area (Å²) in [7, 11) is 0. The third kappa shape index (κ3) is 2.38. The minimum atomic E-state index is -0.176. The van der Waals surface area contributed by atoms with E-state index in [9.17, 15) is 9.59 Å². The molecule has 0 aliphatic carbocycles. The zero-order chi connectivity index (χ0) is 16.7. The van der Waals surface area contributed by atoms with E-state index in [2.05, 4.69) is 11.9 Å². The average molecular weight is 324 g/mol. The van der Waals surface area contributed by atoms with E-state index < -0.39 is 0 Å². The Hall–Kier alpha value is -2.63. The molecule has 1 fully saturated rings. The summed E-state index contributed by atoms with van der Waals surface area (Å²) in [5.74, 6) is 0.679.